The Morgan fingerprint density at radius 2 is 2.00 bits per heavy atom. The average molecular weight is 512 g/mol. The first-order valence-corrected chi connectivity index (χ1v) is 9.65. The lowest BCUT2D eigenvalue weighted by Gasteiger charge is -2.33. The molecule has 2 aromatic rings. The van der Waals surface area contributed by atoms with Gasteiger partial charge in [-0.1, -0.05) is 17.7 Å². The number of aromatic nitrogens is 1. The van der Waals surface area contributed by atoms with Crippen LogP contribution in [0.5, 0.6) is 0 Å². The van der Waals surface area contributed by atoms with Crippen molar-refractivity contribution in [1.82, 2.24) is 15.2 Å². The summed E-state index contributed by atoms with van der Waals surface area (Å²) >= 11 is 0. The molecular weight excluding hydrogens is 483 g/mol. The minimum absolute atomic E-state index is 0. The summed E-state index contributed by atoms with van der Waals surface area (Å²) in [6.45, 7) is 4.35. The lowest BCUT2D eigenvalue weighted by molar-refractivity contribution is -0.146. The predicted octanol–water partition coefficient (Wildman–Crippen LogP) is 3.27. The van der Waals surface area contributed by atoms with Gasteiger partial charge in [0, 0.05) is 38.7 Å². The van der Waals surface area contributed by atoms with Gasteiger partial charge in [0.2, 0.25) is 5.89 Å². The highest BCUT2D eigenvalue weighted by Gasteiger charge is 2.26. The van der Waals surface area contributed by atoms with Crippen molar-refractivity contribution in [3.63, 3.8) is 0 Å². The number of esters is 1. The van der Waals surface area contributed by atoms with Crippen LogP contribution in [0.25, 0.3) is 11.5 Å². The SMILES string of the molecule is CN=C(NCCc1coc(-c2ccc(C)cc2)n1)N1CCC(C(=O)OC)CC1.I. The van der Waals surface area contributed by atoms with Crippen LogP contribution in [0.4, 0.5) is 0 Å². The van der Waals surface area contributed by atoms with Gasteiger partial charge in [0.05, 0.1) is 18.7 Å². The van der Waals surface area contributed by atoms with Crippen LogP contribution in [-0.4, -0.2) is 55.6 Å². The van der Waals surface area contributed by atoms with Crippen LogP contribution in [0.2, 0.25) is 0 Å². The van der Waals surface area contributed by atoms with E-state index in [1.807, 2.05) is 24.3 Å². The molecule has 158 valence electrons. The summed E-state index contributed by atoms with van der Waals surface area (Å²) in [6.07, 6.45) is 4.03. The van der Waals surface area contributed by atoms with Crippen LogP contribution < -0.4 is 5.32 Å². The van der Waals surface area contributed by atoms with Gasteiger partial charge in [0.25, 0.3) is 0 Å². The van der Waals surface area contributed by atoms with Crippen molar-refractivity contribution in [2.45, 2.75) is 26.2 Å². The highest BCUT2D eigenvalue weighted by atomic mass is 127. The fraction of sp³-hybridized carbons (Fsp3) is 0.476. The largest absolute Gasteiger partial charge is 0.469 e. The summed E-state index contributed by atoms with van der Waals surface area (Å²) in [5, 5.41) is 3.38. The van der Waals surface area contributed by atoms with Crippen molar-refractivity contribution in [3.05, 3.63) is 41.8 Å². The minimum atomic E-state index is -0.113. The van der Waals surface area contributed by atoms with E-state index < -0.39 is 0 Å². The van der Waals surface area contributed by atoms with Crippen molar-refractivity contribution in [3.8, 4) is 11.5 Å². The maximum absolute atomic E-state index is 11.7. The molecule has 1 fully saturated rings. The first kappa shape index (κ1) is 23.2. The second-order valence-corrected chi connectivity index (χ2v) is 7.02. The van der Waals surface area contributed by atoms with E-state index in [0.29, 0.717) is 12.4 Å². The normalized spacial score (nSPS) is 15.0. The topological polar surface area (TPSA) is 80.0 Å². The van der Waals surface area contributed by atoms with Crippen LogP contribution in [0.3, 0.4) is 0 Å². The maximum atomic E-state index is 11.7. The Morgan fingerprint density at radius 3 is 2.62 bits per heavy atom. The number of likely N-dealkylation sites (tertiary alicyclic amines) is 1. The maximum Gasteiger partial charge on any atom is 0.308 e. The first-order valence-electron chi connectivity index (χ1n) is 9.65. The summed E-state index contributed by atoms with van der Waals surface area (Å²) < 4.78 is 10.5. The molecule has 1 N–H and O–H groups in total. The number of halogens is 1. The molecule has 2 heterocycles. The van der Waals surface area contributed by atoms with Crippen molar-refractivity contribution in [2.75, 3.05) is 33.8 Å². The molecular formula is C21H29IN4O3. The van der Waals surface area contributed by atoms with E-state index in [0.717, 1.165) is 49.6 Å². The molecule has 7 nitrogen and oxygen atoms in total. The van der Waals surface area contributed by atoms with E-state index in [-0.39, 0.29) is 35.9 Å². The van der Waals surface area contributed by atoms with Gasteiger partial charge in [0.1, 0.15) is 6.26 Å². The molecule has 1 aromatic heterocycles. The van der Waals surface area contributed by atoms with E-state index in [9.17, 15) is 4.79 Å². The number of benzene rings is 1. The molecule has 1 saturated heterocycles. The Kier molecular flexibility index (Phi) is 8.94. The number of ether oxygens (including phenoxy) is 1. The number of oxazole rings is 1. The number of methoxy groups -OCH3 is 1. The van der Waals surface area contributed by atoms with Gasteiger partial charge < -0.3 is 19.4 Å². The third-order valence-corrected chi connectivity index (χ3v) is 5.06. The van der Waals surface area contributed by atoms with E-state index in [1.165, 1.54) is 12.7 Å². The van der Waals surface area contributed by atoms with E-state index in [4.69, 9.17) is 9.15 Å². The fourth-order valence-corrected chi connectivity index (χ4v) is 3.38. The molecule has 0 radical (unpaired) electrons. The van der Waals surface area contributed by atoms with Crippen molar-refractivity contribution >= 4 is 35.9 Å². The van der Waals surface area contributed by atoms with E-state index >= 15 is 0 Å². The van der Waals surface area contributed by atoms with Gasteiger partial charge in [-0.25, -0.2) is 4.98 Å². The number of nitrogens with zero attached hydrogens (tertiary/aromatic N) is 3. The number of aliphatic imine (C=N–C) groups is 1. The third-order valence-electron chi connectivity index (χ3n) is 5.06. The summed E-state index contributed by atoms with van der Waals surface area (Å²) in [5.41, 5.74) is 3.10. The number of carbonyl (C=O) groups is 1. The lowest BCUT2D eigenvalue weighted by Crippen LogP contribution is -2.47. The zero-order chi connectivity index (χ0) is 19.9. The quantitative estimate of drug-likeness (QED) is 0.287. The smallest absolute Gasteiger partial charge is 0.308 e. The number of nitrogens with one attached hydrogen (secondary N) is 1. The molecule has 0 bridgehead atoms. The Morgan fingerprint density at radius 1 is 1.31 bits per heavy atom. The summed E-state index contributed by atoms with van der Waals surface area (Å²) in [6, 6.07) is 8.13. The van der Waals surface area contributed by atoms with Crippen LogP contribution >= 0.6 is 24.0 Å². The van der Waals surface area contributed by atoms with Crippen molar-refractivity contribution in [1.29, 1.82) is 0 Å². The number of aryl methyl sites for hydroxylation is 1. The van der Waals surface area contributed by atoms with Gasteiger partial charge in [-0.15, -0.1) is 24.0 Å². The summed E-state index contributed by atoms with van der Waals surface area (Å²) in [4.78, 5) is 22.8. The molecule has 0 amide bonds. The van der Waals surface area contributed by atoms with Gasteiger partial charge in [-0.3, -0.25) is 9.79 Å². The van der Waals surface area contributed by atoms with Gasteiger partial charge >= 0.3 is 5.97 Å². The van der Waals surface area contributed by atoms with E-state index in [1.54, 1.807) is 13.3 Å². The highest BCUT2D eigenvalue weighted by molar-refractivity contribution is 14.0. The monoisotopic (exact) mass is 512 g/mol. The Balaban J connectivity index is 0.00000300. The summed E-state index contributed by atoms with van der Waals surface area (Å²) in [7, 11) is 3.23. The molecule has 1 aliphatic heterocycles. The zero-order valence-corrected chi connectivity index (χ0v) is 19.5. The van der Waals surface area contributed by atoms with Crippen molar-refractivity contribution < 1.29 is 13.9 Å². The second kappa shape index (κ2) is 11.2. The Hall–Kier alpha value is -2.10. The molecule has 8 heteroatoms. The predicted molar refractivity (Wildman–Crippen MR) is 123 cm³/mol. The molecule has 0 saturated carbocycles. The number of rotatable bonds is 5. The van der Waals surface area contributed by atoms with Gasteiger partial charge in [0.15, 0.2) is 5.96 Å². The molecule has 0 aliphatic carbocycles. The Labute approximate surface area is 188 Å². The average Bonchev–Trinajstić information content (AvgIpc) is 3.20. The highest BCUT2D eigenvalue weighted by Crippen LogP contribution is 2.20. The molecule has 1 aliphatic rings. The molecule has 29 heavy (non-hydrogen) atoms. The fourth-order valence-electron chi connectivity index (χ4n) is 3.38. The molecule has 3 rings (SSSR count). The van der Waals surface area contributed by atoms with Crippen LogP contribution in [-0.2, 0) is 16.0 Å². The molecule has 0 spiro atoms. The Bertz CT molecular complexity index is 812. The molecule has 0 unspecified atom stereocenters. The van der Waals surface area contributed by atoms with E-state index in [2.05, 4.69) is 27.1 Å². The third kappa shape index (κ3) is 6.19. The number of guanidine groups is 1. The van der Waals surface area contributed by atoms with Gasteiger partial charge in [-0.2, -0.15) is 0 Å². The number of carbonyl (C=O) groups excluding carboxylic acids is 1. The standard InChI is InChI=1S/C21H28N4O3.HI/c1-15-4-6-16(7-5-15)19-24-18(14-28-19)8-11-23-21(22-2)25-12-9-17(10-13-25)20(26)27-3;/h4-7,14,17H,8-13H2,1-3H3,(H,22,23);1H. The second-order valence-electron chi connectivity index (χ2n) is 7.02. The van der Waals surface area contributed by atoms with Crippen LogP contribution in [0, 0.1) is 12.8 Å². The van der Waals surface area contributed by atoms with Crippen molar-refractivity contribution in [2.24, 2.45) is 10.9 Å². The minimum Gasteiger partial charge on any atom is -0.469 e. The number of hydrogen-bond donors (Lipinski definition) is 1. The first-order chi connectivity index (χ1) is 13.6. The lowest BCUT2D eigenvalue weighted by atomic mass is 9.97. The number of piperidine rings is 1. The molecule has 1 aromatic carbocycles. The number of hydrogen-bond acceptors (Lipinski definition) is 5. The van der Waals surface area contributed by atoms with Crippen LogP contribution in [0.1, 0.15) is 24.1 Å². The zero-order valence-electron chi connectivity index (χ0n) is 17.2. The van der Waals surface area contributed by atoms with Crippen LogP contribution in [0.15, 0.2) is 39.9 Å². The summed E-state index contributed by atoms with van der Waals surface area (Å²) in [5.74, 6) is 1.38. The molecule has 0 atom stereocenters. The van der Waals surface area contributed by atoms with Gasteiger partial charge in [-0.05, 0) is 31.9 Å².